The first-order valence-electron chi connectivity index (χ1n) is 8.00. The molecule has 0 aliphatic carbocycles. The Morgan fingerprint density at radius 2 is 1.92 bits per heavy atom. The standard InChI is InChI=1S/C16H21N5O3/c1-18-11-15(23)21(16(18)24)12-14(22)20-8-6-19(7-9-20)10-13-4-2-3-5-17-13/h2-5H,6-12H2,1H3. The summed E-state index contributed by atoms with van der Waals surface area (Å²) < 4.78 is 0. The van der Waals surface area contributed by atoms with Crippen molar-refractivity contribution < 1.29 is 14.4 Å². The van der Waals surface area contributed by atoms with E-state index in [1.807, 2.05) is 18.2 Å². The fourth-order valence-electron chi connectivity index (χ4n) is 2.94. The van der Waals surface area contributed by atoms with Crippen molar-refractivity contribution in [3.8, 4) is 0 Å². The average molecular weight is 331 g/mol. The Bertz CT molecular complexity index is 628. The van der Waals surface area contributed by atoms with Crippen LogP contribution in [0, 0.1) is 0 Å². The maximum atomic E-state index is 12.3. The molecule has 1 aromatic heterocycles. The van der Waals surface area contributed by atoms with Crippen LogP contribution in [-0.2, 0) is 16.1 Å². The number of hydrogen-bond donors (Lipinski definition) is 0. The Hall–Kier alpha value is -2.48. The SMILES string of the molecule is CN1CC(=O)N(CC(=O)N2CCN(Cc3ccccn3)CC2)C1=O. The molecule has 8 nitrogen and oxygen atoms in total. The largest absolute Gasteiger partial charge is 0.339 e. The highest BCUT2D eigenvalue weighted by molar-refractivity contribution is 6.04. The minimum Gasteiger partial charge on any atom is -0.339 e. The van der Waals surface area contributed by atoms with Crippen molar-refractivity contribution in [3.63, 3.8) is 0 Å². The number of imide groups is 1. The van der Waals surface area contributed by atoms with E-state index in [1.165, 1.54) is 4.90 Å². The van der Waals surface area contributed by atoms with Gasteiger partial charge in [-0.15, -0.1) is 0 Å². The van der Waals surface area contributed by atoms with Crippen molar-refractivity contribution in [2.75, 3.05) is 46.3 Å². The van der Waals surface area contributed by atoms with Gasteiger partial charge in [0.15, 0.2) is 0 Å². The first-order valence-corrected chi connectivity index (χ1v) is 8.00. The molecule has 0 spiro atoms. The topological polar surface area (TPSA) is 77.1 Å². The van der Waals surface area contributed by atoms with Crippen molar-refractivity contribution in [3.05, 3.63) is 30.1 Å². The third kappa shape index (κ3) is 3.53. The number of piperazine rings is 1. The second kappa shape index (κ2) is 6.96. The average Bonchev–Trinajstić information content (AvgIpc) is 2.83. The van der Waals surface area contributed by atoms with E-state index >= 15 is 0 Å². The second-order valence-corrected chi connectivity index (χ2v) is 6.10. The Kier molecular flexibility index (Phi) is 4.75. The Labute approximate surface area is 140 Å². The minimum atomic E-state index is -0.401. The van der Waals surface area contributed by atoms with Crippen molar-refractivity contribution in [2.24, 2.45) is 0 Å². The molecule has 3 heterocycles. The van der Waals surface area contributed by atoms with Gasteiger partial charge < -0.3 is 9.80 Å². The number of likely N-dealkylation sites (N-methyl/N-ethyl adjacent to an activating group) is 1. The summed E-state index contributed by atoms with van der Waals surface area (Å²) in [6, 6.07) is 5.43. The summed E-state index contributed by atoms with van der Waals surface area (Å²) in [5.74, 6) is -0.492. The van der Waals surface area contributed by atoms with Crippen LogP contribution in [0.3, 0.4) is 0 Å². The predicted molar refractivity (Wildman–Crippen MR) is 85.8 cm³/mol. The fraction of sp³-hybridized carbons (Fsp3) is 0.500. The molecule has 1 aromatic rings. The van der Waals surface area contributed by atoms with E-state index in [2.05, 4.69) is 9.88 Å². The smallest absolute Gasteiger partial charge is 0.327 e. The maximum Gasteiger partial charge on any atom is 0.327 e. The van der Waals surface area contributed by atoms with Crippen LogP contribution >= 0.6 is 0 Å². The fourth-order valence-corrected chi connectivity index (χ4v) is 2.94. The molecule has 128 valence electrons. The Balaban J connectivity index is 1.49. The van der Waals surface area contributed by atoms with Crippen molar-refractivity contribution in [1.82, 2.24) is 24.6 Å². The summed E-state index contributed by atoms with van der Waals surface area (Å²) in [6.45, 7) is 3.34. The first kappa shape index (κ1) is 16.4. The van der Waals surface area contributed by atoms with Gasteiger partial charge in [-0.3, -0.25) is 24.4 Å². The van der Waals surface area contributed by atoms with Gasteiger partial charge in [-0.25, -0.2) is 4.79 Å². The lowest BCUT2D eigenvalue weighted by molar-refractivity contribution is -0.137. The summed E-state index contributed by atoms with van der Waals surface area (Å²) >= 11 is 0. The number of urea groups is 1. The third-order valence-electron chi connectivity index (χ3n) is 4.36. The van der Waals surface area contributed by atoms with E-state index < -0.39 is 6.03 Å². The number of rotatable bonds is 4. The summed E-state index contributed by atoms with van der Waals surface area (Å²) in [7, 11) is 1.56. The minimum absolute atomic E-state index is 0.0456. The van der Waals surface area contributed by atoms with E-state index in [0.29, 0.717) is 13.1 Å². The maximum absolute atomic E-state index is 12.3. The van der Waals surface area contributed by atoms with Gasteiger partial charge in [-0.2, -0.15) is 0 Å². The molecule has 2 aliphatic heterocycles. The van der Waals surface area contributed by atoms with Gasteiger partial charge in [0.25, 0.3) is 5.91 Å². The lowest BCUT2D eigenvalue weighted by atomic mass is 10.2. The van der Waals surface area contributed by atoms with E-state index in [1.54, 1.807) is 18.1 Å². The number of amides is 4. The van der Waals surface area contributed by atoms with Gasteiger partial charge in [0.05, 0.1) is 5.69 Å². The quantitative estimate of drug-likeness (QED) is 0.703. The molecule has 0 bridgehead atoms. The molecule has 0 saturated carbocycles. The molecule has 0 aromatic carbocycles. The number of hydrogen-bond acceptors (Lipinski definition) is 5. The van der Waals surface area contributed by atoms with Gasteiger partial charge in [-0.05, 0) is 12.1 Å². The molecule has 2 fully saturated rings. The Morgan fingerprint density at radius 3 is 2.50 bits per heavy atom. The van der Waals surface area contributed by atoms with E-state index in [-0.39, 0.29) is 24.9 Å². The number of nitrogens with zero attached hydrogens (tertiary/aromatic N) is 5. The molecule has 8 heteroatoms. The van der Waals surface area contributed by atoms with Crippen LogP contribution in [0.25, 0.3) is 0 Å². The van der Waals surface area contributed by atoms with Gasteiger partial charge in [-0.1, -0.05) is 6.07 Å². The molecule has 3 rings (SSSR count). The monoisotopic (exact) mass is 331 g/mol. The number of carbonyl (C=O) groups excluding carboxylic acids is 3. The second-order valence-electron chi connectivity index (χ2n) is 6.10. The lowest BCUT2D eigenvalue weighted by Gasteiger charge is -2.35. The molecule has 2 aliphatic rings. The molecule has 24 heavy (non-hydrogen) atoms. The zero-order valence-electron chi connectivity index (χ0n) is 13.7. The molecule has 2 saturated heterocycles. The normalized spacial score (nSPS) is 19.3. The van der Waals surface area contributed by atoms with Crippen LogP contribution in [0.1, 0.15) is 5.69 Å². The predicted octanol–water partition coefficient (Wildman–Crippen LogP) is -0.380. The van der Waals surface area contributed by atoms with Gasteiger partial charge in [0.1, 0.15) is 13.1 Å². The third-order valence-corrected chi connectivity index (χ3v) is 4.36. The summed E-state index contributed by atoms with van der Waals surface area (Å²) in [5.41, 5.74) is 1.01. The summed E-state index contributed by atoms with van der Waals surface area (Å²) in [4.78, 5) is 46.5. The zero-order chi connectivity index (χ0) is 17.1. The summed E-state index contributed by atoms with van der Waals surface area (Å²) in [6.07, 6.45) is 1.77. The summed E-state index contributed by atoms with van der Waals surface area (Å²) in [5, 5.41) is 0. The highest BCUT2D eigenvalue weighted by Crippen LogP contribution is 2.11. The van der Waals surface area contributed by atoms with Crippen molar-refractivity contribution >= 4 is 17.8 Å². The molecular formula is C16H21N5O3. The van der Waals surface area contributed by atoms with E-state index in [9.17, 15) is 14.4 Å². The van der Waals surface area contributed by atoms with Gasteiger partial charge in [0.2, 0.25) is 5.91 Å². The highest BCUT2D eigenvalue weighted by Gasteiger charge is 2.36. The van der Waals surface area contributed by atoms with Crippen LogP contribution in [-0.4, -0.2) is 88.7 Å². The molecule has 0 atom stereocenters. The van der Waals surface area contributed by atoms with Crippen molar-refractivity contribution in [2.45, 2.75) is 6.54 Å². The molecular weight excluding hydrogens is 310 g/mol. The zero-order valence-corrected chi connectivity index (χ0v) is 13.7. The van der Waals surface area contributed by atoms with Crippen LogP contribution in [0.4, 0.5) is 4.79 Å². The molecule has 4 amide bonds. The van der Waals surface area contributed by atoms with E-state index in [0.717, 1.165) is 30.2 Å². The van der Waals surface area contributed by atoms with Crippen LogP contribution in [0.2, 0.25) is 0 Å². The van der Waals surface area contributed by atoms with Crippen LogP contribution < -0.4 is 0 Å². The molecule has 0 radical (unpaired) electrons. The molecule has 0 unspecified atom stereocenters. The van der Waals surface area contributed by atoms with Crippen molar-refractivity contribution in [1.29, 1.82) is 0 Å². The number of pyridine rings is 1. The van der Waals surface area contributed by atoms with Gasteiger partial charge >= 0.3 is 6.03 Å². The number of carbonyl (C=O) groups is 3. The van der Waals surface area contributed by atoms with Gasteiger partial charge in [0, 0.05) is 46.0 Å². The molecule has 0 N–H and O–H groups in total. The van der Waals surface area contributed by atoms with Crippen LogP contribution in [0.15, 0.2) is 24.4 Å². The van der Waals surface area contributed by atoms with Crippen LogP contribution in [0.5, 0.6) is 0 Å². The van der Waals surface area contributed by atoms with E-state index in [4.69, 9.17) is 0 Å². The Morgan fingerprint density at radius 1 is 1.17 bits per heavy atom. The highest BCUT2D eigenvalue weighted by atomic mass is 16.2. The first-order chi connectivity index (χ1) is 11.5. The lowest BCUT2D eigenvalue weighted by Crippen LogP contribution is -2.51. The number of aromatic nitrogens is 1.